The summed E-state index contributed by atoms with van der Waals surface area (Å²) >= 11 is 0. The molecule has 0 aromatic heterocycles. The van der Waals surface area contributed by atoms with Crippen molar-refractivity contribution >= 4 is 5.97 Å². The lowest BCUT2D eigenvalue weighted by molar-refractivity contribution is -0.131. The molecule has 0 bridgehead atoms. The molecule has 0 amide bonds. The molecule has 0 saturated heterocycles. The van der Waals surface area contributed by atoms with E-state index < -0.39 is 6.10 Å². The molecule has 3 heteroatoms. The molecule has 0 aliphatic heterocycles. The molecule has 0 saturated carbocycles. The van der Waals surface area contributed by atoms with Gasteiger partial charge in [-0.3, -0.25) is 4.79 Å². The standard InChI is InChI=1S/C11H12O3/c1-3-11(13)9-4-6-10(7-5-9)14-8(2)12/h3-7,11,13H,1H2,2H3. The van der Waals surface area contributed by atoms with Crippen LogP contribution in [0.4, 0.5) is 0 Å². The number of hydrogen-bond donors (Lipinski definition) is 1. The molecule has 14 heavy (non-hydrogen) atoms. The van der Waals surface area contributed by atoms with Gasteiger partial charge in [-0.2, -0.15) is 0 Å². The van der Waals surface area contributed by atoms with Crippen LogP contribution in [0.1, 0.15) is 18.6 Å². The van der Waals surface area contributed by atoms with Crippen molar-refractivity contribution in [2.45, 2.75) is 13.0 Å². The van der Waals surface area contributed by atoms with Crippen LogP contribution >= 0.6 is 0 Å². The van der Waals surface area contributed by atoms with Crippen molar-refractivity contribution < 1.29 is 14.6 Å². The van der Waals surface area contributed by atoms with Crippen LogP contribution in [0.3, 0.4) is 0 Å². The molecule has 0 fully saturated rings. The van der Waals surface area contributed by atoms with Gasteiger partial charge in [0.15, 0.2) is 0 Å². The average Bonchev–Trinajstić information content (AvgIpc) is 2.17. The van der Waals surface area contributed by atoms with Crippen LogP contribution in [0.5, 0.6) is 5.75 Å². The SMILES string of the molecule is C=CC(O)c1ccc(OC(C)=O)cc1. The third kappa shape index (κ3) is 2.71. The van der Waals surface area contributed by atoms with E-state index in [1.807, 2.05) is 0 Å². The van der Waals surface area contributed by atoms with Crippen molar-refractivity contribution in [3.8, 4) is 5.75 Å². The van der Waals surface area contributed by atoms with Crippen LogP contribution in [0.15, 0.2) is 36.9 Å². The normalized spacial score (nSPS) is 11.9. The second-order valence-corrected chi connectivity index (χ2v) is 2.84. The summed E-state index contributed by atoms with van der Waals surface area (Å²) in [5, 5.41) is 9.38. The molecule has 74 valence electrons. The van der Waals surface area contributed by atoms with Crippen molar-refractivity contribution in [1.82, 2.24) is 0 Å². The van der Waals surface area contributed by atoms with Crippen LogP contribution in [-0.4, -0.2) is 11.1 Å². The van der Waals surface area contributed by atoms with E-state index in [-0.39, 0.29) is 5.97 Å². The van der Waals surface area contributed by atoms with Crippen LogP contribution in [-0.2, 0) is 4.79 Å². The largest absolute Gasteiger partial charge is 0.427 e. The lowest BCUT2D eigenvalue weighted by Crippen LogP contribution is -2.01. The number of esters is 1. The van der Waals surface area contributed by atoms with E-state index in [2.05, 4.69) is 6.58 Å². The fraction of sp³-hybridized carbons (Fsp3) is 0.182. The van der Waals surface area contributed by atoms with Crippen LogP contribution in [0.2, 0.25) is 0 Å². The highest BCUT2D eigenvalue weighted by atomic mass is 16.5. The summed E-state index contributed by atoms with van der Waals surface area (Å²) < 4.78 is 4.84. The number of ether oxygens (including phenoxy) is 1. The van der Waals surface area contributed by atoms with Gasteiger partial charge in [0.25, 0.3) is 0 Å². The molecular weight excluding hydrogens is 180 g/mol. The number of hydrogen-bond acceptors (Lipinski definition) is 3. The smallest absolute Gasteiger partial charge is 0.308 e. The predicted molar refractivity (Wildman–Crippen MR) is 52.9 cm³/mol. The van der Waals surface area contributed by atoms with Crippen molar-refractivity contribution in [3.05, 3.63) is 42.5 Å². The van der Waals surface area contributed by atoms with Gasteiger partial charge >= 0.3 is 5.97 Å². The van der Waals surface area contributed by atoms with Crippen molar-refractivity contribution in [1.29, 1.82) is 0 Å². The quantitative estimate of drug-likeness (QED) is 0.451. The maximum atomic E-state index is 10.6. The molecule has 0 heterocycles. The fourth-order valence-electron chi connectivity index (χ4n) is 1.04. The number of aliphatic hydroxyl groups excluding tert-OH is 1. The first-order valence-corrected chi connectivity index (χ1v) is 4.22. The molecule has 0 spiro atoms. The fourth-order valence-corrected chi connectivity index (χ4v) is 1.04. The Labute approximate surface area is 82.6 Å². The Kier molecular flexibility index (Phi) is 3.42. The Bertz CT molecular complexity index is 327. The van der Waals surface area contributed by atoms with Gasteiger partial charge in [0.2, 0.25) is 0 Å². The predicted octanol–water partition coefficient (Wildman–Crippen LogP) is 1.83. The lowest BCUT2D eigenvalue weighted by Gasteiger charge is -2.06. The summed E-state index contributed by atoms with van der Waals surface area (Å²) in [6.07, 6.45) is 0.752. The molecule has 0 aliphatic carbocycles. The summed E-state index contributed by atoms with van der Waals surface area (Å²) in [5.74, 6) is 0.111. The van der Waals surface area contributed by atoms with Gasteiger partial charge in [-0.25, -0.2) is 0 Å². The number of carbonyl (C=O) groups excluding carboxylic acids is 1. The first-order valence-electron chi connectivity index (χ1n) is 4.22. The Morgan fingerprint density at radius 2 is 2.07 bits per heavy atom. The number of aliphatic hydroxyl groups is 1. The summed E-state index contributed by atoms with van der Waals surface area (Å²) in [6.45, 7) is 4.81. The zero-order valence-electron chi connectivity index (χ0n) is 7.93. The van der Waals surface area contributed by atoms with E-state index in [1.165, 1.54) is 13.0 Å². The van der Waals surface area contributed by atoms with E-state index in [0.29, 0.717) is 5.75 Å². The van der Waals surface area contributed by atoms with Crippen LogP contribution in [0, 0.1) is 0 Å². The van der Waals surface area contributed by atoms with E-state index in [9.17, 15) is 9.90 Å². The van der Waals surface area contributed by atoms with E-state index in [4.69, 9.17) is 4.74 Å². The monoisotopic (exact) mass is 192 g/mol. The molecule has 1 atom stereocenters. The van der Waals surface area contributed by atoms with Crippen molar-refractivity contribution in [3.63, 3.8) is 0 Å². The van der Waals surface area contributed by atoms with E-state index in [1.54, 1.807) is 24.3 Å². The molecule has 3 nitrogen and oxygen atoms in total. The molecule has 1 aromatic rings. The second-order valence-electron chi connectivity index (χ2n) is 2.84. The van der Waals surface area contributed by atoms with E-state index in [0.717, 1.165) is 5.56 Å². The van der Waals surface area contributed by atoms with Crippen LogP contribution in [0.25, 0.3) is 0 Å². The van der Waals surface area contributed by atoms with Gasteiger partial charge in [0.05, 0.1) is 6.10 Å². The van der Waals surface area contributed by atoms with Crippen molar-refractivity contribution in [2.24, 2.45) is 0 Å². The first-order chi connectivity index (χ1) is 6.63. The lowest BCUT2D eigenvalue weighted by atomic mass is 10.1. The van der Waals surface area contributed by atoms with Gasteiger partial charge in [-0.05, 0) is 17.7 Å². The Balaban J connectivity index is 2.78. The van der Waals surface area contributed by atoms with E-state index >= 15 is 0 Å². The summed E-state index contributed by atoms with van der Waals surface area (Å²) in [6, 6.07) is 6.63. The van der Waals surface area contributed by atoms with Gasteiger partial charge in [0.1, 0.15) is 5.75 Å². The van der Waals surface area contributed by atoms with Gasteiger partial charge in [-0.15, -0.1) is 6.58 Å². The third-order valence-corrected chi connectivity index (χ3v) is 1.71. The van der Waals surface area contributed by atoms with Gasteiger partial charge in [0, 0.05) is 6.92 Å². The summed E-state index contributed by atoms with van der Waals surface area (Å²) in [7, 11) is 0. The number of rotatable bonds is 3. The van der Waals surface area contributed by atoms with Crippen molar-refractivity contribution in [2.75, 3.05) is 0 Å². The topological polar surface area (TPSA) is 46.5 Å². The summed E-state index contributed by atoms with van der Waals surface area (Å²) in [4.78, 5) is 10.6. The maximum absolute atomic E-state index is 10.6. The Hall–Kier alpha value is -1.61. The van der Waals surface area contributed by atoms with Gasteiger partial charge < -0.3 is 9.84 Å². The molecule has 1 rings (SSSR count). The maximum Gasteiger partial charge on any atom is 0.308 e. The Morgan fingerprint density at radius 3 is 2.50 bits per heavy atom. The highest BCUT2D eigenvalue weighted by Gasteiger charge is 2.03. The van der Waals surface area contributed by atoms with Crippen LogP contribution < -0.4 is 4.74 Å². The minimum atomic E-state index is -0.679. The molecule has 0 radical (unpaired) electrons. The molecular formula is C11H12O3. The second kappa shape index (κ2) is 4.58. The highest BCUT2D eigenvalue weighted by molar-refractivity contribution is 5.69. The van der Waals surface area contributed by atoms with Gasteiger partial charge in [-0.1, -0.05) is 18.2 Å². The zero-order valence-corrected chi connectivity index (χ0v) is 7.93. The first kappa shape index (κ1) is 10.5. The number of benzene rings is 1. The minimum Gasteiger partial charge on any atom is -0.427 e. The average molecular weight is 192 g/mol. The third-order valence-electron chi connectivity index (χ3n) is 1.71. The molecule has 1 aromatic carbocycles. The zero-order chi connectivity index (χ0) is 10.6. The molecule has 1 unspecified atom stereocenters. The Morgan fingerprint density at radius 1 is 1.50 bits per heavy atom. The minimum absolute atomic E-state index is 0.359. The number of carbonyl (C=O) groups is 1. The molecule has 1 N–H and O–H groups in total. The highest BCUT2D eigenvalue weighted by Crippen LogP contribution is 2.18. The molecule has 0 aliphatic rings. The summed E-state index contributed by atoms with van der Waals surface area (Å²) in [5.41, 5.74) is 0.718.